The number of amides is 1. The highest BCUT2D eigenvalue weighted by molar-refractivity contribution is 7.12. The molecule has 6 heteroatoms. The molecule has 4 rings (SSSR count). The van der Waals surface area contributed by atoms with E-state index in [1.165, 1.54) is 23.0 Å². The summed E-state index contributed by atoms with van der Waals surface area (Å²) in [5, 5.41) is 1.99. The molecule has 0 atom stereocenters. The number of piperazine rings is 1. The first-order valence-electron chi connectivity index (χ1n) is 11.0. The first-order valence-corrected chi connectivity index (χ1v) is 11.9. The van der Waals surface area contributed by atoms with E-state index in [4.69, 9.17) is 4.74 Å². The molecule has 0 unspecified atom stereocenters. The summed E-state index contributed by atoms with van der Waals surface area (Å²) in [5.41, 5.74) is 2.99. The number of thiophene rings is 1. The molecule has 168 valence electrons. The van der Waals surface area contributed by atoms with E-state index >= 15 is 0 Å². The van der Waals surface area contributed by atoms with Gasteiger partial charge in [0.15, 0.2) is 0 Å². The normalized spacial score (nSPS) is 14.7. The van der Waals surface area contributed by atoms with Crippen LogP contribution in [0, 0.1) is 5.82 Å². The van der Waals surface area contributed by atoms with Gasteiger partial charge in [-0.15, -0.1) is 11.3 Å². The first kappa shape index (κ1) is 22.5. The van der Waals surface area contributed by atoms with Crippen molar-refractivity contribution in [2.45, 2.75) is 32.9 Å². The van der Waals surface area contributed by atoms with Crippen molar-refractivity contribution in [2.24, 2.45) is 0 Å². The summed E-state index contributed by atoms with van der Waals surface area (Å²) in [6.45, 7) is 8.15. The number of carbonyl (C=O) groups is 1. The van der Waals surface area contributed by atoms with Crippen LogP contribution in [0.5, 0.6) is 5.75 Å². The smallest absolute Gasteiger partial charge is 0.264 e. The van der Waals surface area contributed by atoms with Crippen molar-refractivity contribution in [1.29, 1.82) is 0 Å². The summed E-state index contributed by atoms with van der Waals surface area (Å²) in [4.78, 5) is 17.7. The maximum Gasteiger partial charge on any atom is 0.264 e. The molecular weight excluding hydrogens is 423 g/mol. The molecule has 32 heavy (non-hydrogen) atoms. The van der Waals surface area contributed by atoms with E-state index in [0.29, 0.717) is 37.7 Å². The van der Waals surface area contributed by atoms with Gasteiger partial charge in [-0.3, -0.25) is 9.69 Å². The van der Waals surface area contributed by atoms with E-state index < -0.39 is 0 Å². The number of carbonyl (C=O) groups excluding carboxylic acids is 1. The molecule has 2 heterocycles. The Bertz CT molecular complexity index is 1040. The SMILES string of the molecule is CC(C)c1ccc(OCc2csc(C(=O)N3CCN(Cc4ccccc4F)CC3)c2)cc1. The summed E-state index contributed by atoms with van der Waals surface area (Å²) in [7, 11) is 0. The third-order valence-corrected chi connectivity index (χ3v) is 6.80. The second-order valence-corrected chi connectivity index (χ2v) is 9.40. The number of benzene rings is 2. The molecule has 0 bridgehead atoms. The highest BCUT2D eigenvalue weighted by atomic mass is 32.1. The topological polar surface area (TPSA) is 32.8 Å². The molecule has 1 aliphatic heterocycles. The Balaban J connectivity index is 1.27. The summed E-state index contributed by atoms with van der Waals surface area (Å²) < 4.78 is 19.8. The van der Waals surface area contributed by atoms with Gasteiger partial charge in [-0.1, -0.05) is 44.2 Å². The van der Waals surface area contributed by atoms with Gasteiger partial charge in [-0.25, -0.2) is 4.39 Å². The molecule has 0 N–H and O–H groups in total. The van der Waals surface area contributed by atoms with Crippen LogP contribution in [0.1, 0.15) is 46.1 Å². The quantitative estimate of drug-likeness (QED) is 0.471. The van der Waals surface area contributed by atoms with Crippen molar-refractivity contribution in [3.05, 3.63) is 87.4 Å². The predicted octanol–water partition coefficient (Wildman–Crippen LogP) is 5.55. The molecular formula is C26H29FN2O2S. The Morgan fingerprint density at radius 2 is 1.78 bits per heavy atom. The Morgan fingerprint density at radius 1 is 1.06 bits per heavy atom. The van der Waals surface area contributed by atoms with Crippen LogP contribution < -0.4 is 4.74 Å². The van der Waals surface area contributed by atoms with E-state index in [2.05, 4.69) is 30.9 Å². The third-order valence-electron chi connectivity index (χ3n) is 5.83. The Morgan fingerprint density at radius 3 is 2.47 bits per heavy atom. The number of ether oxygens (including phenoxy) is 1. The number of hydrogen-bond donors (Lipinski definition) is 0. The maximum atomic E-state index is 13.9. The molecule has 0 radical (unpaired) electrons. The largest absolute Gasteiger partial charge is 0.489 e. The molecule has 1 fully saturated rings. The van der Waals surface area contributed by atoms with Crippen molar-refractivity contribution in [3.63, 3.8) is 0 Å². The van der Waals surface area contributed by atoms with E-state index in [0.717, 1.165) is 29.3 Å². The molecule has 0 aliphatic carbocycles. The average molecular weight is 453 g/mol. The van der Waals surface area contributed by atoms with Gasteiger partial charge in [-0.05, 0) is 41.1 Å². The fraction of sp³-hybridized carbons (Fsp3) is 0.346. The van der Waals surface area contributed by atoms with Crippen molar-refractivity contribution >= 4 is 17.2 Å². The van der Waals surface area contributed by atoms with E-state index in [1.807, 2.05) is 40.6 Å². The highest BCUT2D eigenvalue weighted by Crippen LogP contribution is 2.22. The molecule has 1 amide bonds. The minimum Gasteiger partial charge on any atom is -0.489 e. The fourth-order valence-corrected chi connectivity index (χ4v) is 4.68. The standard InChI is InChI=1S/C26H29FN2O2S/c1-19(2)21-7-9-23(10-8-21)31-17-20-15-25(32-18-20)26(30)29-13-11-28(12-14-29)16-22-5-3-4-6-24(22)27/h3-10,15,18-19H,11-14,16-17H2,1-2H3. The van der Waals surface area contributed by atoms with E-state index in [9.17, 15) is 9.18 Å². The van der Waals surface area contributed by atoms with Crippen molar-refractivity contribution in [2.75, 3.05) is 26.2 Å². The number of nitrogens with zero attached hydrogens (tertiary/aromatic N) is 2. The zero-order chi connectivity index (χ0) is 22.5. The van der Waals surface area contributed by atoms with Gasteiger partial charge in [0.2, 0.25) is 0 Å². The van der Waals surface area contributed by atoms with Gasteiger partial charge >= 0.3 is 0 Å². The van der Waals surface area contributed by atoms with Crippen LogP contribution in [0.3, 0.4) is 0 Å². The molecule has 1 aliphatic rings. The van der Waals surface area contributed by atoms with Gasteiger partial charge in [0.25, 0.3) is 5.91 Å². The van der Waals surface area contributed by atoms with E-state index in [1.54, 1.807) is 6.07 Å². The molecule has 1 aromatic heterocycles. The van der Waals surface area contributed by atoms with Crippen LogP contribution in [-0.2, 0) is 13.2 Å². The summed E-state index contributed by atoms with van der Waals surface area (Å²) in [6, 6.07) is 17.0. The molecule has 3 aromatic rings. The van der Waals surface area contributed by atoms with Gasteiger partial charge < -0.3 is 9.64 Å². The summed E-state index contributed by atoms with van der Waals surface area (Å²) >= 11 is 1.46. The molecule has 4 nitrogen and oxygen atoms in total. The second kappa shape index (κ2) is 10.3. The lowest BCUT2D eigenvalue weighted by Gasteiger charge is -2.34. The van der Waals surface area contributed by atoms with Gasteiger partial charge in [0.05, 0.1) is 4.88 Å². The molecule has 0 spiro atoms. The highest BCUT2D eigenvalue weighted by Gasteiger charge is 2.23. The molecule has 1 saturated heterocycles. The minimum absolute atomic E-state index is 0.0630. The van der Waals surface area contributed by atoms with Gasteiger partial charge in [0, 0.05) is 43.9 Å². The maximum absolute atomic E-state index is 13.9. The van der Waals surface area contributed by atoms with Crippen molar-refractivity contribution in [3.8, 4) is 5.75 Å². The van der Waals surface area contributed by atoms with Crippen LogP contribution in [0.2, 0.25) is 0 Å². The number of rotatable bonds is 7. The van der Waals surface area contributed by atoms with Crippen LogP contribution in [0.15, 0.2) is 60.0 Å². The first-order chi connectivity index (χ1) is 15.5. The Labute approximate surface area is 193 Å². The fourth-order valence-electron chi connectivity index (χ4n) is 3.81. The van der Waals surface area contributed by atoms with Crippen LogP contribution in [0.4, 0.5) is 4.39 Å². The lowest BCUT2D eigenvalue weighted by atomic mass is 10.0. The Hall–Kier alpha value is -2.70. The number of hydrogen-bond acceptors (Lipinski definition) is 4. The summed E-state index contributed by atoms with van der Waals surface area (Å²) in [5.74, 6) is 1.22. The van der Waals surface area contributed by atoms with Gasteiger partial charge in [-0.2, -0.15) is 0 Å². The second-order valence-electron chi connectivity index (χ2n) is 8.49. The lowest BCUT2D eigenvalue weighted by Crippen LogP contribution is -2.48. The van der Waals surface area contributed by atoms with Crippen molar-refractivity contribution < 1.29 is 13.9 Å². The minimum atomic E-state index is -0.171. The average Bonchev–Trinajstić information content (AvgIpc) is 3.29. The zero-order valence-electron chi connectivity index (χ0n) is 18.6. The van der Waals surface area contributed by atoms with Gasteiger partial charge in [0.1, 0.15) is 18.2 Å². The van der Waals surface area contributed by atoms with E-state index in [-0.39, 0.29) is 11.7 Å². The molecule has 0 saturated carbocycles. The molecule has 2 aromatic carbocycles. The van der Waals surface area contributed by atoms with Crippen molar-refractivity contribution in [1.82, 2.24) is 9.80 Å². The van der Waals surface area contributed by atoms with Crippen LogP contribution in [0.25, 0.3) is 0 Å². The monoisotopic (exact) mass is 452 g/mol. The number of halogens is 1. The lowest BCUT2D eigenvalue weighted by molar-refractivity contribution is 0.0631. The van der Waals surface area contributed by atoms with Crippen LogP contribution >= 0.6 is 11.3 Å². The Kier molecular flexibility index (Phi) is 7.22. The van der Waals surface area contributed by atoms with Crippen LogP contribution in [-0.4, -0.2) is 41.9 Å². The third kappa shape index (κ3) is 5.56. The summed E-state index contributed by atoms with van der Waals surface area (Å²) in [6.07, 6.45) is 0. The predicted molar refractivity (Wildman–Crippen MR) is 127 cm³/mol. The zero-order valence-corrected chi connectivity index (χ0v) is 19.4.